The molecule has 3 N–H and O–H groups in total. The van der Waals surface area contributed by atoms with Crippen molar-refractivity contribution in [1.29, 1.82) is 0 Å². The highest BCUT2D eigenvalue weighted by Gasteiger charge is 2.34. The number of piperazine rings is 1. The highest BCUT2D eigenvalue weighted by atomic mass is 16.2. The van der Waals surface area contributed by atoms with E-state index in [9.17, 15) is 9.59 Å². The van der Waals surface area contributed by atoms with Crippen LogP contribution in [0.4, 0.5) is 0 Å². The highest BCUT2D eigenvalue weighted by Crippen LogP contribution is 2.10. The lowest BCUT2D eigenvalue weighted by Crippen LogP contribution is -2.61. The fourth-order valence-electron chi connectivity index (χ4n) is 1.68. The van der Waals surface area contributed by atoms with Crippen LogP contribution in [0.25, 0.3) is 0 Å². The van der Waals surface area contributed by atoms with Crippen LogP contribution in [0.15, 0.2) is 0 Å². The van der Waals surface area contributed by atoms with Crippen molar-refractivity contribution in [3.8, 4) is 0 Å². The largest absolute Gasteiger partial charge is 0.343 e. The van der Waals surface area contributed by atoms with E-state index in [-0.39, 0.29) is 30.3 Å². The van der Waals surface area contributed by atoms with E-state index < -0.39 is 6.04 Å². The molecule has 1 aliphatic heterocycles. The molecule has 2 unspecified atom stereocenters. The van der Waals surface area contributed by atoms with Gasteiger partial charge in [-0.3, -0.25) is 9.59 Å². The van der Waals surface area contributed by atoms with Gasteiger partial charge < -0.3 is 16.0 Å². The number of hydrogen-bond donors (Lipinski definition) is 2. The molecule has 1 saturated heterocycles. The van der Waals surface area contributed by atoms with Gasteiger partial charge in [-0.15, -0.1) is 0 Å². The van der Waals surface area contributed by atoms with Crippen molar-refractivity contribution >= 4 is 11.8 Å². The van der Waals surface area contributed by atoms with Gasteiger partial charge in [-0.2, -0.15) is 0 Å². The zero-order valence-corrected chi connectivity index (χ0v) is 9.49. The summed E-state index contributed by atoms with van der Waals surface area (Å²) in [5.74, 6) is -0.0202. The zero-order valence-electron chi connectivity index (χ0n) is 9.49. The summed E-state index contributed by atoms with van der Waals surface area (Å²) in [6.07, 6.45) is 0. The lowest BCUT2D eigenvalue weighted by atomic mass is 10.0. The van der Waals surface area contributed by atoms with E-state index >= 15 is 0 Å². The maximum absolute atomic E-state index is 11.9. The first kappa shape index (κ1) is 12.0. The molecule has 0 aromatic heterocycles. The van der Waals surface area contributed by atoms with Gasteiger partial charge in [0.15, 0.2) is 0 Å². The Hall–Kier alpha value is -1.10. The fourth-order valence-corrected chi connectivity index (χ4v) is 1.68. The van der Waals surface area contributed by atoms with E-state index in [0.717, 1.165) is 0 Å². The molecule has 2 amide bonds. The standard InChI is InChI=1S/C10H19N3O2/c1-6(2)9-10(15)13(4-7(3)11)5-8(14)12-9/h6-7,9H,4-5,11H2,1-3H3,(H,12,14). The summed E-state index contributed by atoms with van der Waals surface area (Å²) in [5, 5.41) is 2.70. The Morgan fingerprint density at radius 2 is 2.07 bits per heavy atom. The predicted molar refractivity (Wildman–Crippen MR) is 57.0 cm³/mol. The lowest BCUT2D eigenvalue weighted by Gasteiger charge is -2.35. The molecule has 5 heteroatoms. The van der Waals surface area contributed by atoms with Gasteiger partial charge in [-0.05, 0) is 12.8 Å². The summed E-state index contributed by atoms with van der Waals surface area (Å²) in [6.45, 7) is 6.22. The molecule has 0 spiro atoms. The molecule has 1 heterocycles. The van der Waals surface area contributed by atoms with Crippen LogP contribution in [0.1, 0.15) is 20.8 Å². The van der Waals surface area contributed by atoms with Crippen LogP contribution in [0.3, 0.4) is 0 Å². The molecule has 1 fully saturated rings. The summed E-state index contributed by atoms with van der Waals surface area (Å²) in [7, 11) is 0. The summed E-state index contributed by atoms with van der Waals surface area (Å²) in [5.41, 5.74) is 5.63. The van der Waals surface area contributed by atoms with E-state index in [4.69, 9.17) is 5.73 Å². The Morgan fingerprint density at radius 1 is 1.47 bits per heavy atom. The van der Waals surface area contributed by atoms with Gasteiger partial charge in [0.1, 0.15) is 6.04 Å². The monoisotopic (exact) mass is 213 g/mol. The lowest BCUT2D eigenvalue weighted by molar-refractivity contribution is -0.145. The number of nitrogens with one attached hydrogen (secondary N) is 1. The summed E-state index contributed by atoms with van der Waals surface area (Å²) < 4.78 is 0. The predicted octanol–water partition coefficient (Wildman–Crippen LogP) is -0.683. The van der Waals surface area contributed by atoms with Crippen LogP contribution in [-0.4, -0.2) is 41.9 Å². The van der Waals surface area contributed by atoms with Crippen molar-refractivity contribution in [3.05, 3.63) is 0 Å². The third kappa shape index (κ3) is 2.92. The summed E-state index contributed by atoms with van der Waals surface area (Å²) in [4.78, 5) is 24.8. The molecule has 0 bridgehead atoms. The molecule has 1 rings (SSSR count). The SMILES string of the molecule is CC(N)CN1CC(=O)NC(C(C)C)C1=O. The summed E-state index contributed by atoms with van der Waals surface area (Å²) in [6, 6.07) is -0.502. The molecule has 0 aromatic carbocycles. The van der Waals surface area contributed by atoms with Crippen molar-refractivity contribution in [1.82, 2.24) is 10.2 Å². The summed E-state index contributed by atoms with van der Waals surface area (Å²) >= 11 is 0. The van der Waals surface area contributed by atoms with Crippen LogP contribution < -0.4 is 11.1 Å². The van der Waals surface area contributed by atoms with Crippen LogP contribution >= 0.6 is 0 Å². The normalized spacial score (nSPS) is 24.3. The number of rotatable bonds is 3. The van der Waals surface area contributed by atoms with Crippen molar-refractivity contribution in [2.45, 2.75) is 32.9 Å². The molecular weight excluding hydrogens is 194 g/mol. The molecule has 0 aliphatic carbocycles. The molecule has 15 heavy (non-hydrogen) atoms. The Kier molecular flexibility index (Phi) is 3.68. The minimum absolute atomic E-state index is 0.0260. The van der Waals surface area contributed by atoms with Crippen molar-refractivity contribution < 1.29 is 9.59 Å². The second kappa shape index (κ2) is 4.61. The topological polar surface area (TPSA) is 75.4 Å². The third-order valence-electron chi connectivity index (χ3n) is 2.40. The molecule has 5 nitrogen and oxygen atoms in total. The highest BCUT2D eigenvalue weighted by molar-refractivity contribution is 5.95. The maximum Gasteiger partial charge on any atom is 0.245 e. The first-order valence-electron chi connectivity index (χ1n) is 5.25. The Balaban J connectivity index is 2.72. The molecule has 1 aliphatic rings. The van der Waals surface area contributed by atoms with Gasteiger partial charge >= 0.3 is 0 Å². The number of carbonyl (C=O) groups is 2. The molecule has 0 saturated carbocycles. The molecule has 86 valence electrons. The van der Waals surface area contributed by atoms with Crippen LogP contribution in [0, 0.1) is 5.92 Å². The minimum Gasteiger partial charge on any atom is -0.343 e. The smallest absolute Gasteiger partial charge is 0.245 e. The van der Waals surface area contributed by atoms with Crippen molar-refractivity contribution in [2.24, 2.45) is 11.7 Å². The van der Waals surface area contributed by atoms with E-state index in [1.807, 2.05) is 20.8 Å². The number of nitrogens with zero attached hydrogens (tertiary/aromatic N) is 1. The number of hydrogen-bond acceptors (Lipinski definition) is 3. The van der Waals surface area contributed by atoms with Crippen LogP contribution in [0.5, 0.6) is 0 Å². The number of amides is 2. The zero-order chi connectivity index (χ0) is 11.6. The van der Waals surface area contributed by atoms with E-state index in [0.29, 0.717) is 6.54 Å². The number of carbonyl (C=O) groups excluding carboxylic acids is 2. The van der Waals surface area contributed by atoms with Gasteiger partial charge in [-0.1, -0.05) is 13.8 Å². The quantitative estimate of drug-likeness (QED) is 0.652. The maximum atomic E-state index is 11.9. The number of nitrogens with two attached hydrogens (primary N) is 1. The molecule has 0 aromatic rings. The molecule has 2 atom stereocenters. The first-order chi connectivity index (χ1) is 6.91. The molecule has 0 radical (unpaired) electrons. The van der Waals surface area contributed by atoms with E-state index in [1.54, 1.807) is 0 Å². The average molecular weight is 213 g/mol. The Morgan fingerprint density at radius 3 is 2.53 bits per heavy atom. The van der Waals surface area contributed by atoms with Gasteiger partial charge in [0, 0.05) is 12.6 Å². The van der Waals surface area contributed by atoms with Gasteiger partial charge in [0.2, 0.25) is 11.8 Å². The van der Waals surface area contributed by atoms with Crippen LogP contribution in [0.2, 0.25) is 0 Å². The van der Waals surface area contributed by atoms with Gasteiger partial charge in [-0.25, -0.2) is 0 Å². The second-order valence-electron chi connectivity index (χ2n) is 4.49. The average Bonchev–Trinajstić information content (AvgIpc) is 2.09. The van der Waals surface area contributed by atoms with Crippen molar-refractivity contribution in [3.63, 3.8) is 0 Å². The second-order valence-corrected chi connectivity index (χ2v) is 4.49. The van der Waals surface area contributed by atoms with Crippen LogP contribution in [-0.2, 0) is 9.59 Å². The fraction of sp³-hybridized carbons (Fsp3) is 0.800. The van der Waals surface area contributed by atoms with E-state index in [2.05, 4.69) is 5.32 Å². The Bertz CT molecular complexity index is 263. The van der Waals surface area contributed by atoms with Crippen molar-refractivity contribution in [2.75, 3.05) is 13.1 Å². The third-order valence-corrected chi connectivity index (χ3v) is 2.40. The van der Waals surface area contributed by atoms with Gasteiger partial charge in [0.05, 0.1) is 6.54 Å². The molecular formula is C10H19N3O2. The van der Waals surface area contributed by atoms with E-state index in [1.165, 1.54) is 4.90 Å². The first-order valence-corrected chi connectivity index (χ1v) is 5.25. The van der Waals surface area contributed by atoms with Gasteiger partial charge in [0.25, 0.3) is 0 Å². The minimum atomic E-state index is -0.398. The Labute approximate surface area is 90.0 Å².